The lowest BCUT2D eigenvalue weighted by Gasteiger charge is -1.94. The van der Waals surface area contributed by atoms with Crippen LogP contribution in [-0.2, 0) is 9.53 Å². The first-order valence-corrected chi connectivity index (χ1v) is 7.20. The molecule has 118 valence electrons. The highest BCUT2D eigenvalue weighted by molar-refractivity contribution is 5.72. The highest BCUT2D eigenvalue weighted by Crippen LogP contribution is 2.00. The molecule has 0 aliphatic carbocycles. The van der Waals surface area contributed by atoms with Gasteiger partial charge in [-0.2, -0.15) is 0 Å². The summed E-state index contributed by atoms with van der Waals surface area (Å²) >= 11 is 0. The van der Waals surface area contributed by atoms with E-state index in [1.807, 2.05) is 75.5 Å². The van der Waals surface area contributed by atoms with E-state index in [9.17, 15) is 4.79 Å². The van der Waals surface area contributed by atoms with E-state index in [1.165, 1.54) is 0 Å². The first-order valence-electron chi connectivity index (χ1n) is 7.20. The average molecular weight is 298 g/mol. The summed E-state index contributed by atoms with van der Waals surface area (Å²) in [5.41, 5.74) is 2.98. The summed E-state index contributed by atoms with van der Waals surface area (Å²) in [4.78, 5) is 10.4. The minimum absolute atomic E-state index is 0.711. The zero-order valence-corrected chi connectivity index (χ0v) is 14.2. The Labute approximate surface area is 134 Å². The molecule has 2 nitrogen and oxygen atoms in total. The summed E-state index contributed by atoms with van der Waals surface area (Å²) in [7, 11) is 1.66. The topological polar surface area (TPSA) is 26.3 Å². The van der Waals surface area contributed by atoms with Gasteiger partial charge in [0, 0.05) is 0 Å². The largest absolute Gasteiger partial charge is 0.501 e. The van der Waals surface area contributed by atoms with E-state index in [0.717, 1.165) is 23.2 Å². The van der Waals surface area contributed by atoms with Gasteiger partial charge in [0.2, 0.25) is 0 Å². The highest BCUT2D eigenvalue weighted by Gasteiger charge is 1.82. The zero-order valence-electron chi connectivity index (χ0n) is 14.2. The molecule has 0 radical (unpaired) electrons. The van der Waals surface area contributed by atoms with Crippen molar-refractivity contribution in [3.63, 3.8) is 0 Å². The zero-order chi connectivity index (χ0) is 16.8. The van der Waals surface area contributed by atoms with E-state index >= 15 is 0 Å². The van der Waals surface area contributed by atoms with Crippen LogP contribution in [0.5, 0.6) is 0 Å². The fourth-order valence-electron chi connectivity index (χ4n) is 1.32. The number of allylic oxidation sites excluding steroid dienone is 14. The van der Waals surface area contributed by atoms with Crippen molar-refractivity contribution in [1.29, 1.82) is 0 Å². The lowest BCUT2D eigenvalue weighted by Crippen LogP contribution is -1.76. The average Bonchev–Trinajstić information content (AvgIpc) is 2.51. The molecule has 0 aliphatic heterocycles. The quantitative estimate of drug-likeness (QED) is 0.265. The fraction of sp³-hybridized carbons (Fsp3) is 0.250. The molecule has 0 heterocycles. The Morgan fingerprint density at radius 3 is 1.59 bits per heavy atom. The van der Waals surface area contributed by atoms with Crippen LogP contribution in [-0.4, -0.2) is 13.4 Å². The normalized spacial score (nSPS) is 15.3. The molecule has 0 saturated heterocycles. The van der Waals surface area contributed by atoms with Crippen LogP contribution in [0, 0.1) is 0 Å². The third-order valence-electron chi connectivity index (χ3n) is 2.75. The van der Waals surface area contributed by atoms with E-state index in [2.05, 4.69) is 0 Å². The van der Waals surface area contributed by atoms with Crippen molar-refractivity contribution >= 4 is 6.29 Å². The van der Waals surface area contributed by atoms with E-state index < -0.39 is 0 Å². The molecule has 22 heavy (non-hydrogen) atoms. The molecule has 0 aromatic heterocycles. The highest BCUT2D eigenvalue weighted by atomic mass is 16.5. The number of aldehydes is 1. The molecule has 0 aliphatic rings. The fourth-order valence-corrected chi connectivity index (χ4v) is 1.32. The van der Waals surface area contributed by atoms with Crippen LogP contribution in [0.15, 0.2) is 83.2 Å². The van der Waals surface area contributed by atoms with Crippen molar-refractivity contribution in [2.24, 2.45) is 0 Å². The van der Waals surface area contributed by atoms with E-state index in [0.29, 0.717) is 5.57 Å². The molecule has 0 atom stereocenters. The van der Waals surface area contributed by atoms with Crippen LogP contribution in [0.1, 0.15) is 27.7 Å². The number of methoxy groups -OCH3 is 1. The molecular formula is C20H26O2. The standard InChI is InChI=1S/C20H26O2/c1-17(12-8-14-19(3)16-21)10-6-7-11-18(2)13-9-15-20(4)22-5/h6-16H,1-5H3/b7-6+,12-8+,13-9+,17-10+,18-11+,19-14+,20-15+. The summed E-state index contributed by atoms with van der Waals surface area (Å²) in [5.74, 6) is 0.879. The monoisotopic (exact) mass is 298 g/mol. The first kappa shape index (κ1) is 19.7. The van der Waals surface area contributed by atoms with E-state index in [1.54, 1.807) is 20.1 Å². The van der Waals surface area contributed by atoms with Crippen LogP contribution in [0.25, 0.3) is 0 Å². The van der Waals surface area contributed by atoms with Gasteiger partial charge in [-0.15, -0.1) is 0 Å². The molecular weight excluding hydrogens is 272 g/mol. The Bertz CT molecular complexity index is 550. The van der Waals surface area contributed by atoms with Gasteiger partial charge in [-0.1, -0.05) is 65.8 Å². The minimum Gasteiger partial charge on any atom is -0.501 e. The molecule has 0 unspecified atom stereocenters. The number of carbonyl (C=O) groups is 1. The Kier molecular flexibility index (Phi) is 11.1. The lowest BCUT2D eigenvalue weighted by atomic mass is 10.2. The molecule has 0 spiro atoms. The van der Waals surface area contributed by atoms with Gasteiger partial charge in [0.15, 0.2) is 0 Å². The minimum atomic E-state index is 0.711. The maximum Gasteiger partial charge on any atom is 0.145 e. The van der Waals surface area contributed by atoms with Gasteiger partial charge in [0.1, 0.15) is 6.29 Å². The summed E-state index contributed by atoms with van der Waals surface area (Å²) in [6.45, 7) is 7.75. The summed E-state index contributed by atoms with van der Waals surface area (Å²) in [6, 6.07) is 0. The Balaban J connectivity index is 4.50. The molecule has 0 rings (SSSR count). The number of hydrogen-bond acceptors (Lipinski definition) is 2. The summed E-state index contributed by atoms with van der Waals surface area (Å²) in [5, 5.41) is 0. The molecule has 0 N–H and O–H groups in total. The summed E-state index contributed by atoms with van der Waals surface area (Å²) in [6.07, 6.45) is 20.4. The van der Waals surface area contributed by atoms with Gasteiger partial charge in [0.05, 0.1) is 12.9 Å². The number of hydrogen-bond donors (Lipinski definition) is 0. The predicted octanol–water partition coefficient (Wildman–Crippen LogP) is 5.24. The van der Waals surface area contributed by atoms with Crippen LogP contribution < -0.4 is 0 Å². The molecule has 0 saturated carbocycles. The van der Waals surface area contributed by atoms with Gasteiger partial charge >= 0.3 is 0 Å². The summed E-state index contributed by atoms with van der Waals surface area (Å²) < 4.78 is 5.05. The molecule has 2 heteroatoms. The van der Waals surface area contributed by atoms with E-state index in [-0.39, 0.29) is 0 Å². The molecule has 0 fully saturated rings. The second-order valence-corrected chi connectivity index (χ2v) is 4.93. The van der Waals surface area contributed by atoms with Gasteiger partial charge in [-0.3, -0.25) is 4.79 Å². The molecule has 0 aromatic rings. The van der Waals surface area contributed by atoms with Gasteiger partial charge in [-0.25, -0.2) is 0 Å². The second-order valence-electron chi connectivity index (χ2n) is 4.93. The maximum absolute atomic E-state index is 10.4. The molecule has 0 aromatic carbocycles. The van der Waals surface area contributed by atoms with Gasteiger partial charge < -0.3 is 4.74 Å². The van der Waals surface area contributed by atoms with Crippen LogP contribution in [0.3, 0.4) is 0 Å². The third-order valence-corrected chi connectivity index (χ3v) is 2.75. The Morgan fingerprint density at radius 2 is 1.14 bits per heavy atom. The smallest absolute Gasteiger partial charge is 0.145 e. The van der Waals surface area contributed by atoms with Gasteiger partial charge in [0.25, 0.3) is 0 Å². The SMILES string of the molecule is CO/C(C)=C/C=C/C(C)=C/C=C/C=C(C)/C=C/C=C(\C)C=O. The Morgan fingerprint density at radius 1 is 0.682 bits per heavy atom. The number of carbonyl (C=O) groups excluding carboxylic acids is 1. The maximum atomic E-state index is 10.4. The molecule has 0 bridgehead atoms. The third kappa shape index (κ3) is 11.5. The predicted molar refractivity (Wildman–Crippen MR) is 95.5 cm³/mol. The van der Waals surface area contributed by atoms with Gasteiger partial charge in [-0.05, 0) is 39.3 Å². The second kappa shape index (κ2) is 12.4. The first-order chi connectivity index (χ1) is 10.5. The van der Waals surface area contributed by atoms with Crippen molar-refractivity contribution in [3.05, 3.63) is 83.2 Å². The van der Waals surface area contributed by atoms with Crippen LogP contribution in [0.2, 0.25) is 0 Å². The van der Waals surface area contributed by atoms with Crippen molar-refractivity contribution in [2.45, 2.75) is 27.7 Å². The van der Waals surface area contributed by atoms with Crippen LogP contribution in [0.4, 0.5) is 0 Å². The Hall–Kier alpha value is -2.35. The van der Waals surface area contributed by atoms with E-state index in [4.69, 9.17) is 4.74 Å². The van der Waals surface area contributed by atoms with Crippen molar-refractivity contribution in [3.8, 4) is 0 Å². The molecule has 0 amide bonds. The van der Waals surface area contributed by atoms with Crippen molar-refractivity contribution in [1.82, 2.24) is 0 Å². The van der Waals surface area contributed by atoms with Crippen LogP contribution >= 0.6 is 0 Å². The van der Waals surface area contributed by atoms with Crippen molar-refractivity contribution in [2.75, 3.05) is 7.11 Å². The van der Waals surface area contributed by atoms with Crippen molar-refractivity contribution < 1.29 is 9.53 Å². The number of ether oxygens (including phenoxy) is 1. The number of rotatable bonds is 8. The lowest BCUT2D eigenvalue weighted by molar-refractivity contribution is -0.104.